The number of aromatic nitrogens is 2. The maximum atomic E-state index is 13.7. The number of hydrazine groups is 1. The molecule has 0 bridgehead atoms. The van der Waals surface area contributed by atoms with Crippen molar-refractivity contribution in [3.8, 4) is 0 Å². The van der Waals surface area contributed by atoms with Crippen molar-refractivity contribution in [1.29, 1.82) is 0 Å². The van der Waals surface area contributed by atoms with Crippen molar-refractivity contribution in [3.05, 3.63) is 66.5 Å². The van der Waals surface area contributed by atoms with Gasteiger partial charge in [0.25, 0.3) is 0 Å². The number of carbonyl (C=O) groups excluding carboxylic acids is 1. The van der Waals surface area contributed by atoms with E-state index in [1.165, 1.54) is 6.07 Å². The van der Waals surface area contributed by atoms with Crippen molar-refractivity contribution in [3.63, 3.8) is 0 Å². The van der Waals surface area contributed by atoms with Crippen LogP contribution in [0.3, 0.4) is 0 Å². The minimum Gasteiger partial charge on any atom is -0.337 e. The second-order valence-corrected chi connectivity index (χ2v) is 5.96. The normalized spacial score (nSPS) is 14.5. The molecule has 1 aromatic heterocycles. The lowest BCUT2D eigenvalue weighted by Gasteiger charge is -2.10. The van der Waals surface area contributed by atoms with E-state index in [4.69, 9.17) is 0 Å². The van der Waals surface area contributed by atoms with Crippen molar-refractivity contribution in [2.75, 3.05) is 10.6 Å². The number of halogens is 1. The van der Waals surface area contributed by atoms with Crippen LogP contribution in [-0.4, -0.2) is 21.9 Å². The zero-order chi connectivity index (χ0) is 19.3. The van der Waals surface area contributed by atoms with Crippen molar-refractivity contribution < 1.29 is 9.18 Å². The smallest absolute Gasteiger partial charge is 0.245 e. The third-order valence-electron chi connectivity index (χ3n) is 3.90. The van der Waals surface area contributed by atoms with Crippen molar-refractivity contribution >= 4 is 40.4 Å². The predicted octanol–water partition coefficient (Wildman–Crippen LogP) is 3.16. The van der Waals surface area contributed by atoms with Gasteiger partial charge in [0.1, 0.15) is 11.7 Å². The largest absolute Gasteiger partial charge is 0.337 e. The molecule has 1 saturated heterocycles. The van der Waals surface area contributed by atoms with Crippen LogP contribution in [0.5, 0.6) is 0 Å². The first-order chi connectivity index (χ1) is 13.7. The van der Waals surface area contributed by atoms with E-state index in [0.717, 1.165) is 0 Å². The van der Waals surface area contributed by atoms with E-state index in [1.54, 1.807) is 30.3 Å². The molecule has 1 fully saturated rings. The van der Waals surface area contributed by atoms with Crippen LogP contribution in [-0.2, 0) is 4.79 Å². The van der Waals surface area contributed by atoms with Gasteiger partial charge >= 0.3 is 0 Å². The van der Waals surface area contributed by atoms with Crippen LogP contribution >= 0.6 is 0 Å². The Morgan fingerprint density at radius 1 is 0.857 bits per heavy atom. The first-order valence-electron chi connectivity index (χ1n) is 8.51. The Kier molecular flexibility index (Phi) is 4.79. The Bertz CT molecular complexity index is 1040. The van der Waals surface area contributed by atoms with E-state index in [0.29, 0.717) is 34.5 Å². The summed E-state index contributed by atoms with van der Waals surface area (Å²) in [5.74, 6) is 0.958. The van der Waals surface area contributed by atoms with Gasteiger partial charge in [-0.25, -0.2) is 9.38 Å². The van der Waals surface area contributed by atoms with E-state index in [-0.39, 0.29) is 18.1 Å². The summed E-state index contributed by atoms with van der Waals surface area (Å²) in [6.07, 6.45) is 0.199. The molecule has 2 aromatic carbocycles. The van der Waals surface area contributed by atoms with Crippen LogP contribution in [0.25, 0.3) is 0 Å². The number of carbonyl (C=O) groups is 1. The lowest BCUT2D eigenvalue weighted by Crippen LogP contribution is -2.28. The third-order valence-corrected chi connectivity index (χ3v) is 3.90. The molecule has 1 amide bonds. The fourth-order valence-electron chi connectivity index (χ4n) is 2.58. The number of amides is 1. The van der Waals surface area contributed by atoms with E-state index >= 15 is 0 Å². The first-order valence-corrected chi connectivity index (χ1v) is 8.51. The van der Waals surface area contributed by atoms with Crippen LogP contribution in [0.2, 0.25) is 0 Å². The molecule has 4 N–H and O–H groups in total. The highest BCUT2D eigenvalue weighted by molar-refractivity contribution is 6.06. The molecule has 0 spiro atoms. The van der Waals surface area contributed by atoms with Crippen LogP contribution in [0.4, 0.5) is 33.1 Å². The molecular formula is C19H16FN7O. The van der Waals surface area contributed by atoms with Crippen molar-refractivity contribution in [1.82, 2.24) is 21.0 Å². The SMILES string of the molecule is O=C1CC(=Nc2ccccc2Nc2ccc(Nc3ccccc3F)nn2)NN1. The minimum atomic E-state index is -0.368. The van der Waals surface area contributed by atoms with Gasteiger partial charge < -0.3 is 10.6 Å². The Hall–Kier alpha value is -4.01. The van der Waals surface area contributed by atoms with Gasteiger partial charge in [0.2, 0.25) is 5.91 Å². The third kappa shape index (κ3) is 4.04. The molecule has 28 heavy (non-hydrogen) atoms. The lowest BCUT2D eigenvalue weighted by molar-refractivity contribution is -0.119. The van der Waals surface area contributed by atoms with Gasteiger partial charge in [-0.05, 0) is 36.4 Å². The number of nitrogens with one attached hydrogen (secondary N) is 4. The van der Waals surface area contributed by atoms with Gasteiger partial charge in [-0.1, -0.05) is 24.3 Å². The standard InChI is InChI=1S/C19H16FN7O/c20-12-5-1-2-6-13(12)21-16-9-10-17(25-24-16)22-14-7-3-4-8-15(14)23-18-11-19(28)27-26-18/h1-10H,11H2,(H,21,24)(H,22,25)(H,23,26)(H,27,28). The fourth-order valence-corrected chi connectivity index (χ4v) is 2.58. The number of nitrogens with zero attached hydrogens (tertiary/aromatic N) is 3. The Balaban J connectivity index is 1.49. The zero-order valence-corrected chi connectivity index (χ0v) is 14.6. The molecule has 3 aromatic rings. The molecule has 1 aliphatic rings. The summed E-state index contributed by atoms with van der Waals surface area (Å²) < 4.78 is 13.7. The number of anilines is 4. The number of rotatable bonds is 5. The average molecular weight is 377 g/mol. The first kappa shape index (κ1) is 17.4. The molecule has 0 saturated carbocycles. The van der Waals surface area contributed by atoms with E-state index in [2.05, 4.69) is 36.7 Å². The zero-order valence-electron chi connectivity index (χ0n) is 14.6. The quantitative estimate of drug-likeness (QED) is 0.545. The predicted molar refractivity (Wildman–Crippen MR) is 104 cm³/mol. The number of para-hydroxylation sites is 3. The van der Waals surface area contributed by atoms with E-state index < -0.39 is 0 Å². The summed E-state index contributed by atoms with van der Waals surface area (Å²) >= 11 is 0. The maximum absolute atomic E-state index is 13.7. The molecule has 8 nitrogen and oxygen atoms in total. The Labute approximate surface area is 159 Å². The molecule has 140 valence electrons. The van der Waals surface area contributed by atoms with Crippen LogP contribution < -0.4 is 21.5 Å². The van der Waals surface area contributed by atoms with Crippen molar-refractivity contribution in [2.45, 2.75) is 6.42 Å². The van der Waals surface area contributed by atoms with Gasteiger partial charge in [-0.15, -0.1) is 10.2 Å². The van der Waals surface area contributed by atoms with Gasteiger partial charge in [-0.3, -0.25) is 15.6 Å². The highest BCUT2D eigenvalue weighted by Crippen LogP contribution is 2.28. The molecule has 0 unspecified atom stereocenters. The highest BCUT2D eigenvalue weighted by Gasteiger charge is 2.15. The summed E-state index contributed by atoms with van der Waals surface area (Å²) in [6.45, 7) is 0. The second-order valence-electron chi connectivity index (χ2n) is 5.96. The lowest BCUT2D eigenvalue weighted by atomic mass is 10.2. The molecule has 2 heterocycles. The number of amidine groups is 1. The molecule has 0 aliphatic carbocycles. The van der Waals surface area contributed by atoms with Gasteiger partial charge in [0.05, 0.1) is 23.5 Å². The monoisotopic (exact) mass is 377 g/mol. The Morgan fingerprint density at radius 2 is 1.50 bits per heavy atom. The summed E-state index contributed by atoms with van der Waals surface area (Å²) in [7, 11) is 0. The van der Waals surface area contributed by atoms with Gasteiger partial charge in [-0.2, -0.15) is 0 Å². The fraction of sp³-hybridized carbons (Fsp3) is 0.0526. The van der Waals surface area contributed by atoms with Crippen LogP contribution in [0.1, 0.15) is 6.42 Å². The summed E-state index contributed by atoms with van der Waals surface area (Å²) in [5, 5.41) is 14.2. The number of aliphatic imine (C=N–C) groups is 1. The number of hydrogen-bond acceptors (Lipinski definition) is 6. The topological polar surface area (TPSA) is 103 Å². The maximum Gasteiger partial charge on any atom is 0.245 e. The second kappa shape index (κ2) is 7.70. The Morgan fingerprint density at radius 3 is 2.14 bits per heavy atom. The average Bonchev–Trinajstić information content (AvgIpc) is 3.11. The molecule has 9 heteroatoms. The van der Waals surface area contributed by atoms with Gasteiger partial charge in [0, 0.05) is 0 Å². The number of hydrogen-bond donors (Lipinski definition) is 4. The summed E-state index contributed by atoms with van der Waals surface area (Å²) in [5.41, 5.74) is 6.91. The van der Waals surface area contributed by atoms with E-state index in [1.807, 2.05) is 24.3 Å². The van der Waals surface area contributed by atoms with E-state index in [9.17, 15) is 9.18 Å². The molecular weight excluding hydrogens is 361 g/mol. The van der Waals surface area contributed by atoms with Crippen LogP contribution in [0, 0.1) is 5.82 Å². The number of benzene rings is 2. The molecule has 0 radical (unpaired) electrons. The van der Waals surface area contributed by atoms with Crippen molar-refractivity contribution in [2.24, 2.45) is 4.99 Å². The highest BCUT2D eigenvalue weighted by atomic mass is 19.1. The molecule has 0 atom stereocenters. The molecule has 1 aliphatic heterocycles. The summed E-state index contributed by atoms with van der Waals surface area (Å²) in [4.78, 5) is 15.7. The summed E-state index contributed by atoms with van der Waals surface area (Å²) in [6, 6.07) is 17.1. The van der Waals surface area contributed by atoms with Crippen LogP contribution in [0.15, 0.2) is 65.7 Å². The molecule has 4 rings (SSSR count). The van der Waals surface area contributed by atoms with Gasteiger partial charge in [0.15, 0.2) is 11.6 Å². The minimum absolute atomic E-state index is 0.131.